The minimum Gasteiger partial charge on any atom is -0.366 e. The quantitative estimate of drug-likeness (QED) is 0.517. The summed E-state index contributed by atoms with van der Waals surface area (Å²) in [5.74, 6) is -0.0770. The van der Waals surface area contributed by atoms with E-state index in [0.29, 0.717) is 48.1 Å². The number of halogens is 1. The summed E-state index contributed by atoms with van der Waals surface area (Å²) in [4.78, 5) is 38.4. The molecule has 0 saturated carbocycles. The first-order valence-corrected chi connectivity index (χ1v) is 9.99. The third-order valence-electron chi connectivity index (χ3n) is 4.76. The molecule has 1 aliphatic heterocycles. The maximum Gasteiger partial charge on any atom is 0.275 e. The van der Waals surface area contributed by atoms with Gasteiger partial charge in [0.2, 0.25) is 5.91 Å². The number of aryl methyl sites for hydroxylation is 1. The predicted molar refractivity (Wildman–Crippen MR) is 107 cm³/mol. The molecule has 3 aromatic rings. The van der Waals surface area contributed by atoms with Crippen LogP contribution in [0.4, 0.5) is 10.1 Å². The van der Waals surface area contributed by atoms with Gasteiger partial charge in [-0.05, 0) is 25.1 Å². The number of rotatable bonds is 4. The lowest BCUT2D eigenvalue weighted by atomic mass is 10.2. The van der Waals surface area contributed by atoms with Crippen molar-refractivity contribution in [3.05, 3.63) is 52.2 Å². The molecule has 0 atom stereocenters. The average Bonchev–Trinajstić information content (AvgIpc) is 3.07. The number of hydrogen-bond acceptors (Lipinski definition) is 5. The number of thioether (sulfide) groups is 1. The lowest BCUT2D eigenvalue weighted by molar-refractivity contribution is -0.128. The van der Waals surface area contributed by atoms with Gasteiger partial charge in [0.1, 0.15) is 11.3 Å². The zero-order chi connectivity index (χ0) is 19.7. The molecule has 146 valence electrons. The van der Waals surface area contributed by atoms with Crippen LogP contribution < -0.4 is 10.5 Å². The van der Waals surface area contributed by atoms with E-state index in [1.807, 2.05) is 17.9 Å². The number of nitrogens with zero attached hydrogens (tertiary/aromatic N) is 3. The molecule has 0 bridgehead atoms. The van der Waals surface area contributed by atoms with Crippen LogP contribution in [0.2, 0.25) is 0 Å². The Morgan fingerprint density at radius 1 is 1.21 bits per heavy atom. The number of anilines is 1. The molecule has 1 aromatic carbocycles. The first kappa shape index (κ1) is 18.5. The molecule has 1 saturated heterocycles. The van der Waals surface area contributed by atoms with Crippen LogP contribution in [-0.4, -0.2) is 57.7 Å². The van der Waals surface area contributed by atoms with Gasteiger partial charge in [-0.1, -0.05) is 23.9 Å². The lowest BCUT2D eigenvalue weighted by Crippen LogP contribution is -2.49. The van der Waals surface area contributed by atoms with E-state index in [-0.39, 0.29) is 23.0 Å². The number of aromatic amines is 2. The number of H-pyrrole nitrogens is 2. The third-order valence-corrected chi connectivity index (χ3v) is 5.62. The van der Waals surface area contributed by atoms with Gasteiger partial charge < -0.3 is 14.8 Å². The van der Waals surface area contributed by atoms with Gasteiger partial charge in [0.25, 0.3) is 5.56 Å². The normalized spacial score (nSPS) is 14.6. The Morgan fingerprint density at radius 3 is 2.71 bits per heavy atom. The molecule has 28 heavy (non-hydrogen) atoms. The van der Waals surface area contributed by atoms with Crippen LogP contribution in [-0.2, 0) is 4.79 Å². The smallest absolute Gasteiger partial charge is 0.275 e. The Kier molecular flexibility index (Phi) is 5.08. The monoisotopic (exact) mass is 401 g/mol. The predicted octanol–water partition coefficient (Wildman–Crippen LogP) is 2.14. The first-order valence-electron chi connectivity index (χ1n) is 9.01. The number of nitrogens with one attached hydrogen (secondary N) is 2. The molecule has 3 heterocycles. The molecule has 0 aliphatic carbocycles. The number of carbonyl (C=O) groups is 1. The Labute approximate surface area is 164 Å². The Bertz CT molecular complexity index is 1070. The molecular weight excluding hydrogens is 381 g/mol. The molecule has 2 N–H and O–H groups in total. The highest BCUT2D eigenvalue weighted by Crippen LogP contribution is 2.21. The SMILES string of the molecule is Cc1cc2nc(SCC(=O)N3CCN(c4ccccc4F)CC3)[nH]c(=O)c2[nH]1. The molecule has 0 unspecified atom stereocenters. The maximum atomic E-state index is 13.9. The Morgan fingerprint density at radius 2 is 1.96 bits per heavy atom. The molecule has 9 heteroatoms. The van der Waals surface area contributed by atoms with Crippen molar-refractivity contribution in [2.24, 2.45) is 0 Å². The molecular formula is C19H20FN5O2S. The zero-order valence-corrected chi connectivity index (χ0v) is 16.2. The average molecular weight is 401 g/mol. The van der Waals surface area contributed by atoms with Crippen molar-refractivity contribution in [3.8, 4) is 0 Å². The molecule has 1 amide bonds. The van der Waals surface area contributed by atoms with Crippen molar-refractivity contribution in [2.75, 3.05) is 36.8 Å². The van der Waals surface area contributed by atoms with Crippen molar-refractivity contribution < 1.29 is 9.18 Å². The number of hydrogen-bond donors (Lipinski definition) is 2. The highest BCUT2D eigenvalue weighted by molar-refractivity contribution is 7.99. The summed E-state index contributed by atoms with van der Waals surface area (Å²) in [6.07, 6.45) is 0. The van der Waals surface area contributed by atoms with Gasteiger partial charge >= 0.3 is 0 Å². The summed E-state index contributed by atoms with van der Waals surface area (Å²) in [5, 5.41) is 0.426. The standard InChI is InChI=1S/C19H20FN5O2S/c1-12-10-14-17(21-12)18(27)23-19(22-14)28-11-16(26)25-8-6-24(7-9-25)15-5-3-2-4-13(15)20/h2-5,10,21H,6-9,11H2,1H3,(H,22,23,27). The minimum atomic E-state index is -0.247. The fraction of sp³-hybridized carbons (Fsp3) is 0.316. The first-order chi connectivity index (χ1) is 13.5. The van der Waals surface area contributed by atoms with E-state index in [1.165, 1.54) is 17.8 Å². The Hall–Kier alpha value is -2.81. The van der Waals surface area contributed by atoms with Crippen molar-refractivity contribution in [1.82, 2.24) is 19.9 Å². The van der Waals surface area contributed by atoms with Gasteiger partial charge in [-0.2, -0.15) is 0 Å². The number of aromatic nitrogens is 3. The van der Waals surface area contributed by atoms with Gasteiger partial charge in [-0.15, -0.1) is 0 Å². The van der Waals surface area contributed by atoms with Crippen LogP contribution in [0.5, 0.6) is 0 Å². The number of benzene rings is 1. The fourth-order valence-electron chi connectivity index (χ4n) is 3.33. The second kappa shape index (κ2) is 7.67. The third kappa shape index (κ3) is 3.75. The second-order valence-corrected chi connectivity index (χ2v) is 7.66. The summed E-state index contributed by atoms with van der Waals surface area (Å²) >= 11 is 1.21. The van der Waals surface area contributed by atoms with Crippen LogP contribution in [0.25, 0.3) is 11.0 Å². The van der Waals surface area contributed by atoms with Gasteiger partial charge in [0.15, 0.2) is 5.16 Å². The molecule has 2 aromatic heterocycles. The fourth-order valence-corrected chi connectivity index (χ4v) is 4.10. The van der Waals surface area contributed by atoms with Crippen molar-refractivity contribution in [2.45, 2.75) is 12.1 Å². The lowest BCUT2D eigenvalue weighted by Gasteiger charge is -2.36. The highest BCUT2D eigenvalue weighted by atomic mass is 32.2. The maximum absolute atomic E-state index is 13.9. The molecule has 0 spiro atoms. The number of carbonyl (C=O) groups excluding carboxylic acids is 1. The number of fused-ring (bicyclic) bond motifs is 1. The molecule has 1 fully saturated rings. The van der Waals surface area contributed by atoms with Crippen LogP contribution >= 0.6 is 11.8 Å². The summed E-state index contributed by atoms with van der Waals surface area (Å²) in [6.45, 7) is 4.10. The zero-order valence-electron chi connectivity index (χ0n) is 15.4. The summed E-state index contributed by atoms with van der Waals surface area (Å²) < 4.78 is 13.9. The largest absolute Gasteiger partial charge is 0.366 e. The topological polar surface area (TPSA) is 85.1 Å². The van der Waals surface area contributed by atoms with Crippen LogP contribution in [0, 0.1) is 12.7 Å². The van der Waals surface area contributed by atoms with E-state index in [0.717, 1.165) is 5.69 Å². The van der Waals surface area contributed by atoms with E-state index < -0.39 is 0 Å². The number of para-hydroxylation sites is 1. The van der Waals surface area contributed by atoms with Crippen molar-refractivity contribution >= 4 is 34.4 Å². The van der Waals surface area contributed by atoms with Crippen molar-refractivity contribution in [3.63, 3.8) is 0 Å². The summed E-state index contributed by atoms with van der Waals surface area (Å²) in [7, 11) is 0. The van der Waals surface area contributed by atoms with E-state index in [4.69, 9.17) is 0 Å². The van der Waals surface area contributed by atoms with Gasteiger partial charge in [0.05, 0.1) is 17.0 Å². The number of amides is 1. The second-order valence-electron chi connectivity index (χ2n) is 6.69. The molecule has 1 aliphatic rings. The summed E-state index contributed by atoms with van der Waals surface area (Å²) in [5.41, 5.74) is 2.22. The highest BCUT2D eigenvalue weighted by Gasteiger charge is 2.23. The van der Waals surface area contributed by atoms with Gasteiger partial charge in [0, 0.05) is 31.9 Å². The van der Waals surface area contributed by atoms with Crippen LogP contribution in [0.3, 0.4) is 0 Å². The Balaban J connectivity index is 1.35. The van der Waals surface area contributed by atoms with Gasteiger partial charge in [-0.25, -0.2) is 9.37 Å². The molecule has 4 rings (SSSR count). The van der Waals surface area contributed by atoms with Crippen LogP contribution in [0.1, 0.15) is 5.69 Å². The molecule has 7 nitrogen and oxygen atoms in total. The van der Waals surface area contributed by atoms with E-state index >= 15 is 0 Å². The van der Waals surface area contributed by atoms with Gasteiger partial charge in [-0.3, -0.25) is 14.6 Å². The van der Waals surface area contributed by atoms with E-state index in [1.54, 1.807) is 23.1 Å². The number of piperazine rings is 1. The van der Waals surface area contributed by atoms with Crippen LogP contribution in [0.15, 0.2) is 40.3 Å². The molecule has 0 radical (unpaired) electrons. The van der Waals surface area contributed by atoms with E-state index in [2.05, 4.69) is 15.0 Å². The van der Waals surface area contributed by atoms with Crippen molar-refractivity contribution in [1.29, 1.82) is 0 Å². The minimum absolute atomic E-state index is 0.0221. The van der Waals surface area contributed by atoms with E-state index in [9.17, 15) is 14.0 Å². The summed E-state index contributed by atoms with van der Waals surface area (Å²) in [6, 6.07) is 8.48.